The Hall–Kier alpha value is -2.86. The van der Waals surface area contributed by atoms with E-state index in [1.807, 2.05) is 0 Å². The third kappa shape index (κ3) is 5.08. The second kappa shape index (κ2) is 8.68. The molecule has 140 valence electrons. The average molecular weight is 387 g/mol. The predicted molar refractivity (Wildman–Crippen MR) is 102 cm³/mol. The highest BCUT2D eigenvalue weighted by Crippen LogP contribution is 2.14. The molecule has 2 aromatic rings. The summed E-state index contributed by atoms with van der Waals surface area (Å²) in [5.74, 6) is -1.11. The van der Waals surface area contributed by atoms with Crippen LogP contribution in [0.5, 0.6) is 0 Å². The zero-order valence-electron chi connectivity index (χ0n) is 14.6. The van der Waals surface area contributed by atoms with Gasteiger partial charge in [-0.15, -0.1) is 0 Å². The van der Waals surface area contributed by atoms with Gasteiger partial charge in [-0.1, -0.05) is 23.7 Å². The van der Waals surface area contributed by atoms with Crippen LogP contribution in [0.2, 0.25) is 5.02 Å². The molecule has 0 unspecified atom stereocenters. The number of rotatable bonds is 6. The van der Waals surface area contributed by atoms with Crippen LogP contribution in [-0.4, -0.2) is 47.2 Å². The number of benzene rings is 1. The molecule has 0 aliphatic carbocycles. The Morgan fingerprint density at radius 2 is 1.85 bits per heavy atom. The molecule has 1 amide bonds. The first-order chi connectivity index (χ1) is 13.0. The quantitative estimate of drug-likeness (QED) is 0.469. The van der Waals surface area contributed by atoms with E-state index in [4.69, 9.17) is 16.3 Å². The van der Waals surface area contributed by atoms with Crippen molar-refractivity contribution in [1.82, 2.24) is 9.88 Å². The highest BCUT2D eigenvalue weighted by Gasteiger charge is 2.21. The lowest BCUT2D eigenvalue weighted by atomic mass is 10.2. The number of likely N-dealkylation sites (tertiary alicyclic amines) is 1. The van der Waals surface area contributed by atoms with E-state index in [9.17, 15) is 14.4 Å². The standard InChI is InChI=1S/C20H19ClN2O4/c21-16-6-3-14(4-7-16)5-8-19(25)27-13-18(24)15-11-17(22-12-15)20(26)23-9-1-2-10-23/h3-8,11-12,22H,1-2,9-10,13H2/b8-5+. The molecule has 2 heterocycles. The summed E-state index contributed by atoms with van der Waals surface area (Å²) in [5.41, 5.74) is 1.47. The lowest BCUT2D eigenvalue weighted by Gasteiger charge is -2.13. The Morgan fingerprint density at radius 1 is 1.15 bits per heavy atom. The number of ketones is 1. The van der Waals surface area contributed by atoms with Crippen LogP contribution >= 0.6 is 11.6 Å². The lowest BCUT2D eigenvalue weighted by Crippen LogP contribution is -2.27. The molecule has 0 radical (unpaired) electrons. The second-order valence-corrected chi connectivity index (χ2v) is 6.65. The highest BCUT2D eigenvalue weighted by molar-refractivity contribution is 6.30. The molecule has 0 saturated carbocycles. The van der Waals surface area contributed by atoms with Gasteiger partial charge in [0.15, 0.2) is 6.61 Å². The number of carbonyl (C=O) groups excluding carboxylic acids is 3. The summed E-state index contributed by atoms with van der Waals surface area (Å²) in [4.78, 5) is 40.8. The summed E-state index contributed by atoms with van der Waals surface area (Å²) < 4.78 is 4.96. The number of esters is 1. The van der Waals surface area contributed by atoms with Gasteiger partial charge < -0.3 is 14.6 Å². The summed E-state index contributed by atoms with van der Waals surface area (Å²) in [7, 11) is 0. The Balaban J connectivity index is 1.51. The van der Waals surface area contributed by atoms with E-state index < -0.39 is 5.97 Å². The first-order valence-electron chi connectivity index (χ1n) is 8.64. The molecule has 27 heavy (non-hydrogen) atoms. The highest BCUT2D eigenvalue weighted by atomic mass is 35.5. The van der Waals surface area contributed by atoms with Crippen molar-refractivity contribution in [1.29, 1.82) is 0 Å². The van der Waals surface area contributed by atoms with Crippen LogP contribution in [0.25, 0.3) is 6.08 Å². The molecule has 1 fully saturated rings. The number of nitrogens with one attached hydrogen (secondary N) is 1. The second-order valence-electron chi connectivity index (χ2n) is 6.22. The van der Waals surface area contributed by atoms with Gasteiger partial charge in [-0.3, -0.25) is 9.59 Å². The lowest BCUT2D eigenvalue weighted by molar-refractivity contribution is -0.136. The van der Waals surface area contributed by atoms with Crippen molar-refractivity contribution in [2.75, 3.05) is 19.7 Å². The number of carbonyl (C=O) groups is 3. The monoisotopic (exact) mass is 386 g/mol. The SMILES string of the molecule is O=C(/C=C/c1ccc(Cl)cc1)OCC(=O)c1c[nH]c(C(=O)N2CCCC2)c1. The summed E-state index contributed by atoms with van der Waals surface area (Å²) >= 11 is 5.80. The van der Waals surface area contributed by atoms with Crippen molar-refractivity contribution in [2.45, 2.75) is 12.8 Å². The number of aromatic nitrogens is 1. The van der Waals surface area contributed by atoms with E-state index in [-0.39, 0.29) is 18.3 Å². The van der Waals surface area contributed by atoms with Crippen molar-refractivity contribution in [3.63, 3.8) is 0 Å². The molecule has 0 spiro atoms. The van der Waals surface area contributed by atoms with Gasteiger partial charge in [0.2, 0.25) is 5.78 Å². The maximum absolute atomic E-state index is 12.3. The summed E-state index contributed by atoms with van der Waals surface area (Å²) in [6.45, 7) is 1.08. The predicted octanol–water partition coefficient (Wildman–Crippen LogP) is 3.34. The van der Waals surface area contributed by atoms with Crippen LogP contribution in [-0.2, 0) is 9.53 Å². The zero-order chi connectivity index (χ0) is 19.2. The maximum atomic E-state index is 12.3. The van der Waals surface area contributed by atoms with Crippen LogP contribution < -0.4 is 0 Å². The third-order valence-corrected chi connectivity index (χ3v) is 4.51. The molecule has 1 N–H and O–H groups in total. The molecule has 1 aliphatic rings. The van der Waals surface area contributed by atoms with Crippen LogP contribution in [0.3, 0.4) is 0 Å². The Labute approximate surface area is 161 Å². The number of amides is 1. The topological polar surface area (TPSA) is 79.5 Å². The van der Waals surface area contributed by atoms with Crippen molar-refractivity contribution in [3.8, 4) is 0 Å². The summed E-state index contributed by atoms with van der Waals surface area (Å²) in [6, 6.07) is 8.44. The van der Waals surface area contributed by atoms with Gasteiger partial charge in [-0.25, -0.2) is 4.79 Å². The smallest absolute Gasteiger partial charge is 0.331 e. The zero-order valence-corrected chi connectivity index (χ0v) is 15.4. The number of nitrogens with zero attached hydrogens (tertiary/aromatic N) is 1. The number of H-pyrrole nitrogens is 1. The molecule has 7 heteroatoms. The molecule has 0 atom stereocenters. The molecule has 1 aromatic carbocycles. The minimum atomic E-state index is -0.623. The van der Waals surface area contributed by atoms with Gasteiger partial charge in [-0.2, -0.15) is 0 Å². The number of hydrogen-bond acceptors (Lipinski definition) is 4. The van der Waals surface area contributed by atoms with Gasteiger partial charge in [0.05, 0.1) is 0 Å². The summed E-state index contributed by atoms with van der Waals surface area (Å²) in [6.07, 6.45) is 6.28. The first kappa shape index (κ1) is 18.9. The van der Waals surface area contributed by atoms with Gasteiger partial charge in [0.25, 0.3) is 5.91 Å². The number of Topliss-reactive ketones (excluding diaryl/α,β-unsaturated/α-hetero) is 1. The third-order valence-electron chi connectivity index (χ3n) is 4.26. The molecule has 6 nitrogen and oxygen atoms in total. The Morgan fingerprint density at radius 3 is 2.56 bits per heavy atom. The van der Waals surface area contributed by atoms with E-state index in [1.54, 1.807) is 35.2 Å². The first-order valence-corrected chi connectivity index (χ1v) is 9.02. The van der Waals surface area contributed by atoms with Crippen molar-refractivity contribution in [2.24, 2.45) is 0 Å². The van der Waals surface area contributed by atoms with Gasteiger partial charge in [-0.05, 0) is 42.7 Å². The molecule has 3 rings (SSSR count). The fourth-order valence-electron chi connectivity index (χ4n) is 2.78. The van der Waals surface area contributed by atoms with Crippen LogP contribution in [0, 0.1) is 0 Å². The van der Waals surface area contributed by atoms with Crippen LogP contribution in [0.4, 0.5) is 0 Å². The van der Waals surface area contributed by atoms with Crippen molar-refractivity contribution >= 4 is 35.3 Å². The van der Waals surface area contributed by atoms with Gasteiger partial charge >= 0.3 is 5.97 Å². The molecular formula is C20H19ClN2O4. The van der Waals surface area contributed by atoms with E-state index in [0.717, 1.165) is 31.5 Å². The molecule has 1 aromatic heterocycles. The Bertz CT molecular complexity index is 864. The average Bonchev–Trinajstić information content (AvgIpc) is 3.37. The molecule has 1 aliphatic heterocycles. The Kier molecular flexibility index (Phi) is 6.08. The van der Waals surface area contributed by atoms with Crippen LogP contribution in [0.15, 0.2) is 42.6 Å². The normalized spacial score (nSPS) is 13.9. The number of halogens is 1. The number of ether oxygens (including phenoxy) is 1. The fraction of sp³-hybridized carbons (Fsp3) is 0.250. The van der Waals surface area contributed by atoms with E-state index in [2.05, 4.69) is 4.98 Å². The number of aromatic amines is 1. The van der Waals surface area contributed by atoms with E-state index in [0.29, 0.717) is 16.3 Å². The molecular weight excluding hydrogens is 368 g/mol. The summed E-state index contributed by atoms with van der Waals surface area (Å²) in [5, 5.41) is 0.606. The minimum Gasteiger partial charge on any atom is -0.454 e. The van der Waals surface area contributed by atoms with Gasteiger partial charge in [0, 0.05) is 35.9 Å². The van der Waals surface area contributed by atoms with Crippen molar-refractivity contribution in [3.05, 3.63) is 64.4 Å². The maximum Gasteiger partial charge on any atom is 0.331 e. The van der Waals surface area contributed by atoms with Crippen molar-refractivity contribution < 1.29 is 19.1 Å². The minimum absolute atomic E-state index is 0.116. The van der Waals surface area contributed by atoms with E-state index >= 15 is 0 Å². The van der Waals surface area contributed by atoms with Gasteiger partial charge in [0.1, 0.15) is 5.69 Å². The van der Waals surface area contributed by atoms with E-state index in [1.165, 1.54) is 18.3 Å². The largest absolute Gasteiger partial charge is 0.454 e. The number of hydrogen-bond donors (Lipinski definition) is 1. The van der Waals surface area contributed by atoms with Crippen LogP contribution in [0.1, 0.15) is 39.3 Å². The molecule has 1 saturated heterocycles. The fourth-order valence-corrected chi connectivity index (χ4v) is 2.90. The molecule has 0 bridgehead atoms.